The van der Waals surface area contributed by atoms with Crippen molar-refractivity contribution in [2.24, 2.45) is 22.5 Å². The van der Waals surface area contributed by atoms with Crippen LogP contribution in [0.1, 0.15) is 27.7 Å². The number of rotatable bonds is 5. The molecule has 6 nitrogen and oxygen atoms in total. The fraction of sp³-hybridized carbons (Fsp3) is 0.750. The van der Waals surface area contributed by atoms with Gasteiger partial charge in [-0.3, -0.25) is 14.4 Å². The van der Waals surface area contributed by atoms with E-state index in [4.69, 9.17) is 10.8 Å². The SMILES string of the molecule is CC1(C)C(C(=O)N(CC(N)=O)CC(=O)O)C1(C)C. The Balaban J connectivity index is 2.85. The Labute approximate surface area is 106 Å². The van der Waals surface area contributed by atoms with Crippen LogP contribution in [0.5, 0.6) is 0 Å². The average Bonchev–Trinajstić information content (AvgIpc) is 2.53. The molecule has 6 heteroatoms. The zero-order chi connectivity index (χ0) is 14.3. The third-order valence-corrected chi connectivity index (χ3v) is 4.25. The topological polar surface area (TPSA) is 101 Å². The molecule has 0 radical (unpaired) electrons. The van der Waals surface area contributed by atoms with Crippen LogP contribution in [0.2, 0.25) is 0 Å². The van der Waals surface area contributed by atoms with Crippen LogP contribution in [0, 0.1) is 16.7 Å². The Hall–Kier alpha value is -1.59. The van der Waals surface area contributed by atoms with Crippen molar-refractivity contribution in [1.29, 1.82) is 0 Å². The van der Waals surface area contributed by atoms with E-state index >= 15 is 0 Å². The highest BCUT2D eigenvalue weighted by Gasteiger charge is 2.68. The highest BCUT2D eigenvalue weighted by atomic mass is 16.4. The molecule has 18 heavy (non-hydrogen) atoms. The maximum Gasteiger partial charge on any atom is 0.323 e. The number of aliphatic carboxylic acids is 1. The van der Waals surface area contributed by atoms with Crippen molar-refractivity contribution in [1.82, 2.24) is 4.90 Å². The summed E-state index contributed by atoms with van der Waals surface area (Å²) < 4.78 is 0. The molecule has 0 aromatic heterocycles. The molecule has 0 aromatic rings. The van der Waals surface area contributed by atoms with Crippen LogP contribution < -0.4 is 5.73 Å². The predicted molar refractivity (Wildman–Crippen MR) is 64.5 cm³/mol. The number of primary amides is 1. The van der Waals surface area contributed by atoms with Crippen LogP contribution in [-0.2, 0) is 14.4 Å². The summed E-state index contributed by atoms with van der Waals surface area (Å²) in [5, 5.41) is 8.76. The minimum absolute atomic E-state index is 0.196. The maximum absolute atomic E-state index is 12.3. The Bertz CT molecular complexity index is 371. The second-order valence-corrected chi connectivity index (χ2v) is 5.93. The molecule has 1 fully saturated rings. The van der Waals surface area contributed by atoms with Gasteiger partial charge in [-0.2, -0.15) is 0 Å². The highest BCUT2D eigenvalue weighted by molar-refractivity contribution is 5.90. The smallest absolute Gasteiger partial charge is 0.323 e. The molecule has 0 spiro atoms. The van der Waals surface area contributed by atoms with Gasteiger partial charge in [0.2, 0.25) is 11.8 Å². The van der Waals surface area contributed by atoms with Gasteiger partial charge in [0.25, 0.3) is 0 Å². The van der Waals surface area contributed by atoms with Crippen LogP contribution in [-0.4, -0.2) is 40.9 Å². The van der Waals surface area contributed by atoms with Crippen LogP contribution >= 0.6 is 0 Å². The zero-order valence-corrected chi connectivity index (χ0v) is 11.2. The highest BCUT2D eigenvalue weighted by Crippen LogP contribution is 2.68. The van der Waals surface area contributed by atoms with Crippen molar-refractivity contribution in [2.75, 3.05) is 13.1 Å². The summed E-state index contributed by atoms with van der Waals surface area (Å²) in [6.07, 6.45) is 0. The molecule has 0 aromatic carbocycles. The lowest BCUT2D eigenvalue weighted by molar-refractivity contribution is -0.146. The molecular formula is C12H20N2O4. The summed E-state index contributed by atoms with van der Waals surface area (Å²) in [6.45, 7) is 6.98. The second-order valence-electron chi connectivity index (χ2n) is 5.93. The van der Waals surface area contributed by atoms with E-state index in [0.717, 1.165) is 4.90 Å². The number of carbonyl (C=O) groups is 3. The molecule has 1 aliphatic rings. The van der Waals surface area contributed by atoms with E-state index in [1.807, 2.05) is 27.7 Å². The molecule has 0 saturated heterocycles. The predicted octanol–water partition coefficient (Wildman–Crippen LogP) is 0.0671. The standard InChI is InChI=1S/C12H20N2O4/c1-11(2)9(12(11,3)4)10(18)14(5-7(13)15)6-8(16)17/h9H,5-6H2,1-4H3,(H2,13,15)(H,16,17). The summed E-state index contributed by atoms with van der Waals surface area (Å²) in [7, 11) is 0. The van der Waals surface area contributed by atoms with E-state index in [9.17, 15) is 14.4 Å². The van der Waals surface area contributed by atoms with Crippen LogP contribution in [0.3, 0.4) is 0 Å². The van der Waals surface area contributed by atoms with E-state index in [1.165, 1.54) is 0 Å². The molecule has 0 unspecified atom stereocenters. The Kier molecular flexibility index (Phi) is 3.42. The first-order valence-corrected chi connectivity index (χ1v) is 5.80. The molecule has 0 aliphatic heterocycles. The van der Waals surface area contributed by atoms with Gasteiger partial charge in [0.1, 0.15) is 6.54 Å². The van der Waals surface area contributed by atoms with Crippen LogP contribution in [0.15, 0.2) is 0 Å². The normalized spacial score (nSPS) is 20.2. The van der Waals surface area contributed by atoms with Crippen molar-refractivity contribution in [2.45, 2.75) is 27.7 Å². The molecule has 102 valence electrons. The summed E-state index contributed by atoms with van der Waals surface area (Å²) in [6, 6.07) is 0. The Morgan fingerprint density at radius 1 is 1.11 bits per heavy atom. The minimum Gasteiger partial charge on any atom is -0.480 e. The molecule has 0 bridgehead atoms. The van der Waals surface area contributed by atoms with Gasteiger partial charge in [-0.15, -0.1) is 0 Å². The zero-order valence-electron chi connectivity index (χ0n) is 11.2. The number of hydrogen-bond acceptors (Lipinski definition) is 3. The third kappa shape index (κ3) is 2.32. The summed E-state index contributed by atoms with van der Waals surface area (Å²) in [5.41, 5.74) is 4.64. The first-order chi connectivity index (χ1) is 8.01. The van der Waals surface area contributed by atoms with E-state index in [-0.39, 0.29) is 29.2 Å². The summed E-state index contributed by atoms with van der Waals surface area (Å²) in [4.78, 5) is 34.9. The van der Waals surface area contributed by atoms with Crippen LogP contribution in [0.25, 0.3) is 0 Å². The number of carboxylic acids is 1. The van der Waals surface area contributed by atoms with Gasteiger partial charge in [-0.05, 0) is 10.8 Å². The second kappa shape index (κ2) is 4.26. The van der Waals surface area contributed by atoms with Crippen LogP contribution in [0.4, 0.5) is 0 Å². The van der Waals surface area contributed by atoms with Gasteiger partial charge >= 0.3 is 5.97 Å². The first-order valence-electron chi connectivity index (χ1n) is 5.80. The largest absolute Gasteiger partial charge is 0.480 e. The molecule has 0 heterocycles. The molecule has 1 rings (SSSR count). The fourth-order valence-electron chi connectivity index (χ4n) is 2.56. The monoisotopic (exact) mass is 256 g/mol. The number of carbonyl (C=O) groups excluding carboxylic acids is 2. The quantitative estimate of drug-likeness (QED) is 0.726. The van der Waals surface area contributed by atoms with Crippen molar-refractivity contribution >= 4 is 17.8 Å². The van der Waals surface area contributed by atoms with Gasteiger partial charge < -0.3 is 15.7 Å². The molecular weight excluding hydrogens is 236 g/mol. The average molecular weight is 256 g/mol. The Morgan fingerprint density at radius 2 is 1.56 bits per heavy atom. The van der Waals surface area contributed by atoms with Crippen molar-refractivity contribution in [3.63, 3.8) is 0 Å². The maximum atomic E-state index is 12.3. The number of hydrogen-bond donors (Lipinski definition) is 2. The van der Waals surface area contributed by atoms with Crippen molar-refractivity contribution in [3.8, 4) is 0 Å². The first kappa shape index (κ1) is 14.5. The van der Waals surface area contributed by atoms with E-state index in [2.05, 4.69) is 0 Å². The molecule has 2 amide bonds. The van der Waals surface area contributed by atoms with E-state index < -0.39 is 18.4 Å². The van der Waals surface area contributed by atoms with Gasteiger partial charge in [-0.1, -0.05) is 27.7 Å². The molecule has 0 atom stereocenters. The number of amides is 2. The summed E-state index contributed by atoms with van der Waals surface area (Å²) >= 11 is 0. The van der Waals surface area contributed by atoms with E-state index in [0.29, 0.717) is 0 Å². The van der Waals surface area contributed by atoms with Gasteiger partial charge in [0.05, 0.1) is 6.54 Å². The minimum atomic E-state index is -1.15. The lowest BCUT2D eigenvalue weighted by atomic mass is 10.0. The molecule has 1 aliphatic carbocycles. The molecule has 3 N–H and O–H groups in total. The third-order valence-electron chi connectivity index (χ3n) is 4.25. The van der Waals surface area contributed by atoms with Gasteiger partial charge in [0.15, 0.2) is 0 Å². The number of nitrogens with two attached hydrogens (primary N) is 1. The van der Waals surface area contributed by atoms with Gasteiger partial charge in [-0.25, -0.2) is 0 Å². The lowest BCUT2D eigenvalue weighted by Gasteiger charge is -2.20. The van der Waals surface area contributed by atoms with E-state index in [1.54, 1.807) is 0 Å². The molecule has 1 saturated carbocycles. The van der Waals surface area contributed by atoms with Crippen molar-refractivity contribution < 1.29 is 19.5 Å². The van der Waals surface area contributed by atoms with Crippen molar-refractivity contribution in [3.05, 3.63) is 0 Å². The summed E-state index contributed by atoms with van der Waals surface area (Å²) in [5.74, 6) is -2.45. The number of carboxylic acid groups (broad SMARTS) is 1. The Morgan fingerprint density at radius 3 is 1.83 bits per heavy atom. The lowest BCUT2D eigenvalue weighted by Crippen LogP contribution is -2.43. The number of nitrogens with zero attached hydrogens (tertiary/aromatic N) is 1. The fourth-order valence-corrected chi connectivity index (χ4v) is 2.56. The van der Waals surface area contributed by atoms with Gasteiger partial charge in [0, 0.05) is 5.92 Å².